The number of hydrogen-bond donors (Lipinski definition) is 2. The van der Waals surface area contributed by atoms with Gasteiger partial charge < -0.3 is 10.6 Å². The second-order valence-electron chi connectivity index (χ2n) is 4.34. The van der Waals surface area contributed by atoms with Gasteiger partial charge in [-0.1, -0.05) is 0 Å². The van der Waals surface area contributed by atoms with Crippen LogP contribution in [-0.2, 0) is 10.0 Å². The molecule has 1 aromatic rings. The fourth-order valence-corrected chi connectivity index (χ4v) is 2.48. The lowest BCUT2D eigenvalue weighted by atomic mass is 10.2. The molecular weight excluding hydrogens is 264 g/mol. The normalized spacial score (nSPS) is 12.7. The zero-order valence-electron chi connectivity index (χ0n) is 11.2. The Balaban J connectivity index is 3.05. The van der Waals surface area contributed by atoms with Gasteiger partial charge in [0.15, 0.2) is 0 Å². The van der Waals surface area contributed by atoms with E-state index < -0.39 is 10.0 Å². The van der Waals surface area contributed by atoms with E-state index in [-0.39, 0.29) is 10.8 Å². The summed E-state index contributed by atoms with van der Waals surface area (Å²) in [6.07, 6.45) is 0. The molecule has 3 N–H and O–H groups in total. The van der Waals surface area contributed by atoms with Crippen LogP contribution in [0.2, 0.25) is 0 Å². The molecule has 0 saturated heterocycles. The highest BCUT2D eigenvalue weighted by Crippen LogP contribution is 2.25. The molecule has 0 aromatic heterocycles. The lowest BCUT2D eigenvalue weighted by molar-refractivity contribution is 0.588. The Hall–Kier alpha value is -1.78. The average Bonchev–Trinajstić information content (AvgIpc) is 2.38. The van der Waals surface area contributed by atoms with E-state index in [2.05, 4.69) is 10.8 Å². The average molecular weight is 282 g/mol. The van der Waals surface area contributed by atoms with Gasteiger partial charge in [0.05, 0.1) is 28.3 Å². The highest BCUT2D eigenvalue weighted by molar-refractivity contribution is 7.89. The number of nitriles is 1. The molecule has 0 aliphatic rings. The maximum absolute atomic E-state index is 11.6. The molecule has 1 rings (SSSR count). The van der Waals surface area contributed by atoms with Gasteiger partial charge in [-0.05, 0) is 32.2 Å². The summed E-state index contributed by atoms with van der Waals surface area (Å²) in [5.41, 5.74) is 6.94. The molecule has 0 heterocycles. The Labute approximate surface area is 113 Å². The van der Waals surface area contributed by atoms with E-state index in [4.69, 9.17) is 11.0 Å². The number of nitrogens with one attached hydrogen (secondary N) is 1. The number of nitrogen functional groups attached to an aromatic ring is 1. The van der Waals surface area contributed by atoms with E-state index in [9.17, 15) is 8.42 Å². The van der Waals surface area contributed by atoms with Crippen LogP contribution in [-0.4, -0.2) is 29.1 Å². The van der Waals surface area contributed by atoms with Crippen LogP contribution < -0.4 is 15.4 Å². The van der Waals surface area contributed by atoms with E-state index in [1.807, 2.05) is 18.9 Å². The standard InChI is InChI=1S/C12H18N4O2S/c1-9(7-13)8-16(3)12-5-4-10(6-11(12)14)19(17,18)15-2/h4-6,9,15H,8,14H2,1-3H3. The Morgan fingerprint density at radius 3 is 2.63 bits per heavy atom. The van der Waals surface area contributed by atoms with Crippen LogP contribution in [0.3, 0.4) is 0 Å². The van der Waals surface area contributed by atoms with Gasteiger partial charge in [0.2, 0.25) is 10.0 Å². The molecule has 0 bridgehead atoms. The molecule has 7 heteroatoms. The summed E-state index contributed by atoms with van der Waals surface area (Å²) in [5, 5.41) is 8.79. The molecule has 0 aliphatic carbocycles. The molecule has 0 saturated carbocycles. The van der Waals surface area contributed by atoms with Crippen molar-refractivity contribution in [2.75, 3.05) is 31.3 Å². The van der Waals surface area contributed by atoms with Crippen LogP contribution in [0, 0.1) is 17.2 Å². The molecule has 0 fully saturated rings. The predicted octanol–water partition coefficient (Wildman–Crippen LogP) is 0.773. The fourth-order valence-electron chi connectivity index (χ4n) is 1.72. The lowest BCUT2D eigenvalue weighted by Gasteiger charge is -2.22. The highest BCUT2D eigenvalue weighted by atomic mass is 32.2. The first-order valence-electron chi connectivity index (χ1n) is 5.75. The van der Waals surface area contributed by atoms with E-state index in [1.54, 1.807) is 6.07 Å². The van der Waals surface area contributed by atoms with Gasteiger partial charge in [-0.3, -0.25) is 0 Å². The third-order valence-corrected chi connectivity index (χ3v) is 4.17. The van der Waals surface area contributed by atoms with Crippen molar-refractivity contribution in [2.24, 2.45) is 5.92 Å². The number of anilines is 2. The zero-order chi connectivity index (χ0) is 14.6. The first-order valence-corrected chi connectivity index (χ1v) is 7.24. The smallest absolute Gasteiger partial charge is 0.240 e. The van der Waals surface area contributed by atoms with Crippen LogP contribution in [0.15, 0.2) is 23.1 Å². The SMILES string of the molecule is CNS(=O)(=O)c1ccc(N(C)CC(C)C#N)c(N)c1. The quantitative estimate of drug-likeness (QED) is 0.777. The second-order valence-corrected chi connectivity index (χ2v) is 6.23. The van der Waals surface area contributed by atoms with Gasteiger partial charge in [-0.15, -0.1) is 0 Å². The largest absolute Gasteiger partial charge is 0.397 e. The molecule has 0 amide bonds. The number of rotatable bonds is 5. The molecule has 1 unspecified atom stereocenters. The Morgan fingerprint density at radius 2 is 2.16 bits per heavy atom. The van der Waals surface area contributed by atoms with Gasteiger partial charge in [0.1, 0.15) is 0 Å². The van der Waals surface area contributed by atoms with Gasteiger partial charge >= 0.3 is 0 Å². The first-order chi connectivity index (χ1) is 8.81. The summed E-state index contributed by atoms with van der Waals surface area (Å²) < 4.78 is 25.5. The summed E-state index contributed by atoms with van der Waals surface area (Å²) in [6.45, 7) is 2.34. The zero-order valence-corrected chi connectivity index (χ0v) is 12.0. The lowest BCUT2D eigenvalue weighted by Crippen LogP contribution is -2.24. The Kier molecular flexibility index (Phi) is 4.75. The summed E-state index contributed by atoms with van der Waals surface area (Å²) in [7, 11) is -0.333. The molecule has 1 atom stereocenters. The molecule has 0 radical (unpaired) electrons. The van der Waals surface area contributed by atoms with Crippen molar-refractivity contribution in [1.29, 1.82) is 5.26 Å². The van der Waals surface area contributed by atoms with Crippen LogP contribution in [0.25, 0.3) is 0 Å². The molecule has 6 nitrogen and oxygen atoms in total. The number of nitrogens with two attached hydrogens (primary N) is 1. The van der Waals surface area contributed by atoms with Crippen molar-refractivity contribution in [3.05, 3.63) is 18.2 Å². The highest BCUT2D eigenvalue weighted by Gasteiger charge is 2.15. The topological polar surface area (TPSA) is 99.2 Å². The summed E-state index contributed by atoms with van der Waals surface area (Å²) in [4.78, 5) is 1.96. The summed E-state index contributed by atoms with van der Waals surface area (Å²) >= 11 is 0. The number of benzene rings is 1. The van der Waals surface area contributed by atoms with Gasteiger partial charge in [-0.25, -0.2) is 13.1 Å². The summed E-state index contributed by atoms with van der Waals surface area (Å²) in [6, 6.07) is 6.69. The van der Waals surface area contributed by atoms with Crippen molar-refractivity contribution in [1.82, 2.24) is 4.72 Å². The molecule has 104 valence electrons. The van der Waals surface area contributed by atoms with Crippen molar-refractivity contribution in [2.45, 2.75) is 11.8 Å². The van der Waals surface area contributed by atoms with Crippen LogP contribution in [0.4, 0.5) is 11.4 Å². The molecular formula is C12H18N4O2S. The van der Waals surface area contributed by atoms with Crippen molar-refractivity contribution < 1.29 is 8.42 Å². The maximum atomic E-state index is 11.6. The third-order valence-electron chi connectivity index (χ3n) is 2.76. The van der Waals surface area contributed by atoms with Crippen LogP contribution in [0.1, 0.15) is 6.92 Å². The molecule has 0 aliphatic heterocycles. The summed E-state index contributed by atoms with van der Waals surface area (Å²) in [5.74, 6) is -0.134. The minimum Gasteiger partial charge on any atom is -0.397 e. The van der Waals surface area contributed by atoms with Crippen LogP contribution >= 0.6 is 0 Å². The number of nitrogens with zero attached hydrogens (tertiary/aromatic N) is 2. The first kappa shape index (κ1) is 15.3. The second kappa shape index (κ2) is 5.91. The molecule has 19 heavy (non-hydrogen) atoms. The van der Waals surface area contributed by atoms with Gasteiger partial charge in [0, 0.05) is 13.6 Å². The Morgan fingerprint density at radius 1 is 1.53 bits per heavy atom. The maximum Gasteiger partial charge on any atom is 0.240 e. The van der Waals surface area contributed by atoms with E-state index in [0.29, 0.717) is 17.9 Å². The third kappa shape index (κ3) is 3.59. The minimum absolute atomic E-state index is 0.123. The predicted molar refractivity (Wildman–Crippen MR) is 75.1 cm³/mol. The van der Waals surface area contributed by atoms with Crippen molar-refractivity contribution >= 4 is 21.4 Å². The monoisotopic (exact) mass is 282 g/mol. The van der Waals surface area contributed by atoms with Crippen molar-refractivity contribution in [3.8, 4) is 6.07 Å². The van der Waals surface area contributed by atoms with E-state index in [0.717, 1.165) is 0 Å². The Bertz CT molecular complexity index is 592. The van der Waals surface area contributed by atoms with E-state index in [1.165, 1.54) is 19.2 Å². The number of hydrogen-bond acceptors (Lipinski definition) is 5. The van der Waals surface area contributed by atoms with Crippen LogP contribution in [0.5, 0.6) is 0 Å². The van der Waals surface area contributed by atoms with Crippen molar-refractivity contribution in [3.63, 3.8) is 0 Å². The fraction of sp³-hybridized carbons (Fsp3) is 0.417. The van der Waals surface area contributed by atoms with E-state index >= 15 is 0 Å². The molecule has 0 spiro atoms. The number of sulfonamides is 1. The molecule has 1 aromatic carbocycles. The minimum atomic E-state index is -3.49. The van der Waals surface area contributed by atoms with Gasteiger partial charge in [0.25, 0.3) is 0 Å². The van der Waals surface area contributed by atoms with Gasteiger partial charge in [-0.2, -0.15) is 5.26 Å².